The average molecular weight is 399 g/mol. The predicted molar refractivity (Wildman–Crippen MR) is 114 cm³/mol. The largest absolute Gasteiger partial charge is 0.482 e. The lowest BCUT2D eigenvalue weighted by Crippen LogP contribution is -2.48. The topological polar surface area (TPSA) is 58.6 Å². The van der Waals surface area contributed by atoms with E-state index in [9.17, 15) is 9.59 Å². The fourth-order valence-corrected chi connectivity index (χ4v) is 4.18. The Labute approximate surface area is 174 Å². The van der Waals surface area contributed by atoms with Crippen LogP contribution < -0.4 is 5.32 Å². The summed E-state index contributed by atoms with van der Waals surface area (Å²) in [6.07, 6.45) is 4.73. The number of carbonyl (C=O) groups excluding carboxylic acids is 2. The second-order valence-electron chi connectivity index (χ2n) is 9.48. The monoisotopic (exact) mass is 398 g/mol. The summed E-state index contributed by atoms with van der Waals surface area (Å²) < 4.78 is 5.72. The number of amides is 1. The molecule has 0 spiro atoms. The Hall–Kier alpha value is -2.14. The van der Waals surface area contributed by atoms with E-state index in [1.807, 2.05) is 13.8 Å². The van der Waals surface area contributed by atoms with Crippen LogP contribution in [0.5, 0.6) is 0 Å². The lowest BCUT2D eigenvalue weighted by Gasteiger charge is -2.34. The summed E-state index contributed by atoms with van der Waals surface area (Å²) in [4.78, 5) is 26.9. The Kier molecular flexibility index (Phi) is 6.78. The summed E-state index contributed by atoms with van der Waals surface area (Å²) in [5.41, 5.74) is 2.06. The van der Waals surface area contributed by atoms with Gasteiger partial charge in [0.05, 0.1) is 0 Å². The van der Waals surface area contributed by atoms with E-state index in [4.69, 9.17) is 4.74 Å². The Bertz CT molecular complexity index is 765. The quantitative estimate of drug-likeness (QED) is 0.795. The highest BCUT2D eigenvalue weighted by Gasteiger charge is 2.33. The zero-order valence-electron chi connectivity index (χ0n) is 18.2. The predicted octanol–water partition coefficient (Wildman–Crippen LogP) is 3.62. The third-order valence-corrected chi connectivity index (χ3v) is 5.42. The minimum atomic E-state index is -0.626. The van der Waals surface area contributed by atoms with Gasteiger partial charge in [0.25, 0.3) is 5.91 Å². The molecule has 29 heavy (non-hydrogen) atoms. The van der Waals surface area contributed by atoms with Gasteiger partial charge in [0, 0.05) is 31.6 Å². The van der Waals surface area contributed by atoms with Gasteiger partial charge in [-0.2, -0.15) is 0 Å². The molecular weight excluding hydrogens is 364 g/mol. The van der Waals surface area contributed by atoms with Crippen LogP contribution in [-0.4, -0.2) is 41.3 Å². The van der Waals surface area contributed by atoms with E-state index in [1.54, 1.807) is 0 Å². The third-order valence-electron chi connectivity index (χ3n) is 5.42. The molecule has 0 unspecified atom stereocenters. The summed E-state index contributed by atoms with van der Waals surface area (Å²) >= 11 is 0. The number of allylic oxidation sites excluding steroid dienone is 1. The molecule has 1 aromatic rings. The lowest BCUT2D eigenvalue weighted by atomic mass is 9.98. The molecule has 0 bridgehead atoms. The molecule has 158 valence electrons. The van der Waals surface area contributed by atoms with Gasteiger partial charge in [-0.05, 0) is 56.7 Å². The van der Waals surface area contributed by atoms with Crippen LogP contribution in [0.4, 0.5) is 0 Å². The van der Waals surface area contributed by atoms with E-state index in [-0.39, 0.29) is 23.5 Å². The lowest BCUT2D eigenvalue weighted by molar-refractivity contribution is -0.131. The molecule has 1 saturated heterocycles. The number of piperidine rings is 1. The molecule has 1 fully saturated rings. The number of nitrogens with zero attached hydrogens (tertiary/aromatic N) is 1. The highest BCUT2D eigenvalue weighted by molar-refractivity contribution is 6.01. The van der Waals surface area contributed by atoms with Crippen molar-refractivity contribution in [3.05, 3.63) is 47.2 Å². The van der Waals surface area contributed by atoms with Crippen LogP contribution in [0.2, 0.25) is 0 Å². The molecule has 1 N–H and O–H groups in total. The van der Waals surface area contributed by atoms with Crippen molar-refractivity contribution in [3.8, 4) is 0 Å². The number of hydrogen-bond acceptors (Lipinski definition) is 4. The number of benzene rings is 1. The molecule has 1 amide bonds. The van der Waals surface area contributed by atoms with E-state index >= 15 is 0 Å². The van der Waals surface area contributed by atoms with Crippen LogP contribution in [0, 0.1) is 5.92 Å². The summed E-state index contributed by atoms with van der Waals surface area (Å²) in [7, 11) is 0. The zero-order chi connectivity index (χ0) is 21.0. The zero-order valence-corrected chi connectivity index (χ0v) is 18.2. The van der Waals surface area contributed by atoms with E-state index in [0.29, 0.717) is 12.3 Å². The Morgan fingerprint density at radius 2 is 1.93 bits per heavy atom. The molecule has 5 nitrogen and oxygen atoms in total. The standard InChI is InChI=1S/C24H34N2O3/c1-17(2)12-18-7-9-19(10-8-18)15-26-11-5-6-20(16-26)25-23(28)22-13-21(27)14-24(3,4)29-22/h7-10,13,17,20H,5-6,11-12,14-16H2,1-4H3,(H,25,28)/t20-/m1/s1. The molecule has 0 aromatic heterocycles. The van der Waals surface area contributed by atoms with Crippen molar-refractivity contribution in [2.24, 2.45) is 5.92 Å². The summed E-state index contributed by atoms with van der Waals surface area (Å²) in [5, 5.41) is 3.07. The molecule has 0 saturated carbocycles. The molecule has 5 heteroatoms. The van der Waals surface area contributed by atoms with Gasteiger partial charge in [-0.15, -0.1) is 0 Å². The Morgan fingerprint density at radius 3 is 2.59 bits per heavy atom. The molecule has 0 aliphatic carbocycles. The second kappa shape index (κ2) is 9.12. The van der Waals surface area contributed by atoms with Crippen molar-refractivity contribution in [3.63, 3.8) is 0 Å². The number of hydrogen-bond donors (Lipinski definition) is 1. The van der Waals surface area contributed by atoms with Crippen LogP contribution in [0.25, 0.3) is 0 Å². The minimum absolute atomic E-state index is 0.0578. The van der Waals surface area contributed by atoms with Gasteiger partial charge in [0.15, 0.2) is 11.5 Å². The first-order chi connectivity index (χ1) is 13.7. The van der Waals surface area contributed by atoms with Gasteiger partial charge in [0.2, 0.25) is 0 Å². The van der Waals surface area contributed by atoms with Gasteiger partial charge in [-0.1, -0.05) is 38.1 Å². The maximum atomic E-state index is 12.6. The fraction of sp³-hybridized carbons (Fsp3) is 0.583. The van der Waals surface area contributed by atoms with Crippen LogP contribution in [-0.2, 0) is 27.3 Å². The van der Waals surface area contributed by atoms with Crippen molar-refractivity contribution in [2.45, 2.75) is 71.6 Å². The first-order valence-corrected chi connectivity index (χ1v) is 10.7. The molecule has 2 aliphatic rings. The number of ether oxygens (including phenoxy) is 1. The van der Waals surface area contributed by atoms with Gasteiger partial charge >= 0.3 is 0 Å². The van der Waals surface area contributed by atoms with E-state index in [0.717, 1.165) is 38.9 Å². The van der Waals surface area contributed by atoms with Crippen LogP contribution >= 0.6 is 0 Å². The maximum absolute atomic E-state index is 12.6. The summed E-state index contributed by atoms with van der Waals surface area (Å²) in [5.74, 6) is 0.467. The molecule has 0 radical (unpaired) electrons. The third kappa shape index (κ3) is 6.43. The smallest absolute Gasteiger partial charge is 0.286 e. The highest BCUT2D eigenvalue weighted by Crippen LogP contribution is 2.25. The number of carbonyl (C=O) groups is 2. The second-order valence-corrected chi connectivity index (χ2v) is 9.48. The number of likely N-dealkylation sites (tertiary alicyclic amines) is 1. The molecule has 3 rings (SSSR count). The van der Waals surface area contributed by atoms with Crippen LogP contribution in [0.1, 0.15) is 58.1 Å². The molecule has 1 aromatic carbocycles. The maximum Gasteiger partial charge on any atom is 0.286 e. The van der Waals surface area contributed by atoms with E-state index in [2.05, 4.69) is 48.3 Å². The molecule has 1 atom stereocenters. The van der Waals surface area contributed by atoms with Gasteiger partial charge < -0.3 is 10.1 Å². The van der Waals surface area contributed by atoms with Crippen molar-refractivity contribution in [1.82, 2.24) is 10.2 Å². The number of ketones is 1. The van der Waals surface area contributed by atoms with Crippen LogP contribution in [0.3, 0.4) is 0 Å². The van der Waals surface area contributed by atoms with E-state index < -0.39 is 5.60 Å². The van der Waals surface area contributed by atoms with Crippen LogP contribution in [0.15, 0.2) is 36.1 Å². The van der Waals surface area contributed by atoms with Crippen molar-refractivity contribution < 1.29 is 14.3 Å². The Morgan fingerprint density at radius 1 is 1.24 bits per heavy atom. The summed E-state index contributed by atoms with van der Waals surface area (Å²) in [6, 6.07) is 8.96. The van der Waals surface area contributed by atoms with E-state index in [1.165, 1.54) is 17.2 Å². The molecule has 2 heterocycles. The molecule has 2 aliphatic heterocycles. The van der Waals surface area contributed by atoms with Crippen molar-refractivity contribution in [1.29, 1.82) is 0 Å². The van der Waals surface area contributed by atoms with Gasteiger partial charge in [0.1, 0.15) is 5.60 Å². The highest BCUT2D eigenvalue weighted by atomic mass is 16.5. The first-order valence-electron chi connectivity index (χ1n) is 10.7. The molecular formula is C24H34N2O3. The summed E-state index contributed by atoms with van der Waals surface area (Å²) in [6.45, 7) is 10.9. The SMILES string of the molecule is CC(C)Cc1ccc(CN2CCC[C@@H](NC(=O)C3=CC(=O)CC(C)(C)O3)C2)cc1. The van der Waals surface area contributed by atoms with Gasteiger partial charge in [-0.3, -0.25) is 14.5 Å². The van der Waals surface area contributed by atoms with Crippen molar-refractivity contribution in [2.75, 3.05) is 13.1 Å². The fourth-order valence-electron chi connectivity index (χ4n) is 4.18. The first kappa shape index (κ1) is 21.6. The normalized spacial score (nSPS) is 22.2. The Balaban J connectivity index is 1.54. The number of rotatable bonds is 6. The van der Waals surface area contributed by atoms with Gasteiger partial charge in [-0.25, -0.2) is 0 Å². The minimum Gasteiger partial charge on any atom is -0.482 e. The van der Waals surface area contributed by atoms with Crippen molar-refractivity contribution >= 4 is 11.7 Å². The number of nitrogens with one attached hydrogen (secondary N) is 1. The average Bonchev–Trinajstić information content (AvgIpc) is 2.61.